The molecule has 2 rings (SSSR count). The molecule has 0 aromatic carbocycles. The van der Waals surface area contributed by atoms with Gasteiger partial charge in [0, 0.05) is 10.9 Å². The zero-order valence-electron chi connectivity index (χ0n) is 11.2. The minimum atomic E-state index is 0.0813. The van der Waals surface area contributed by atoms with Crippen LogP contribution in [0, 0.1) is 5.92 Å². The first kappa shape index (κ1) is 13.6. The van der Waals surface area contributed by atoms with Crippen LogP contribution in [0.4, 0.5) is 0 Å². The molecule has 100 valence electrons. The van der Waals surface area contributed by atoms with E-state index in [1.165, 1.54) is 17.7 Å². The predicted octanol–water partition coefficient (Wildman–Crippen LogP) is 2.43. The maximum atomic E-state index is 12.1. The van der Waals surface area contributed by atoms with Crippen LogP contribution in [0.1, 0.15) is 41.2 Å². The van der Waals surface area contributed by atoms with E-state index in [0.29, 0.717) is 5.92 Å². The maximum absolute atomic E-state index is 12.1. The summed E-state index contributed by atoms with van der Waals surface area (Å²) in [4.78, 5) is 14.2. The summed E-state index contributed by atoms with van der Waals surface area (Å²) in [5.41, 5.74) is 0. The molecule has 1 aliphatic rings. The van der Waals surface area contributed by atoms with Crippen molar-refractivity contribution in [3.63, 3.8) is 0 Å². The Kier molecular flexibility index (Phi) is 4.78. The van der Waals surface area contributed by atoms with E-state index < -0.39 is 0 Å². The van der Waals surface area contributed by atoms with Crippen molar-refractivity contribution in [3.05, 3.63) is 21.9 Å². The molecule has 2 N–H and O–H groups in total. The van der Waals surface area contributed by atoms with Gasteiger partial charge in [-0.3, -0.25) is 4.79 Å². The van der Waals surface area contributed by atoms with E-state index in [1.54, 1.807) is 11.3 Å². The van der Waals surface area contributed by atoms with Crippen molar-refractivity contribution < 1.29 is 4.79 Å². The summed E-state index contributed by atoms with van der Waals surface area (Å²) in [6.45, 7) is 6.36. The van der Waals surface area contributed by atoms with Crippen LogP contribution in [0.2, 0.25) is 0 Å². The van der Waals surface area contributed by atoms with Crippen LogP contribution in [-0.4, -0.2) is 25.0 Å². The van der Waals surface area contributed by atoms with E-state index in [-0.39, 0.29) is 11.9 Å². The number of piperidine rings is 1. The lowest BCUT2D eigenvalue weighted by molar-refractivity contribution is 0.0926. The summed E-state index contributed by atoms with van der Waals surface area (Å²) in [5.74, 6) is 0.645. The lowest BCUT2D eigenvalue weighted by Gasteiger charge is -2.28. The van der Waals surface area contributed by atoms with Crippen molar-refractivity contribution in [2.24, 2.45) is 5.92 Å². The van der Waals surface area contributed by atoms with Gasteiger partial charge < -0.3 is 10.6 Å². The summed E-state index contributed by atoms with van der Waals surface area (Å²) in [6.07, 6.45) is 3.42. The number of thiophene rings is 1. The summed E-state index contributed by atoms with van der Waals surface area (Å²) in [5, 5.41) is 6.53. The third-order valence-corrected chi connectivity index (χ3v) is 4.86. The number of nitrogens with one attached hydrogen (secondary N) is 2. The number of hydrogen-bond donors (Lipinski definition) is 2. The predicted molar refractivity (Wildman–Crippen MR) is 76.2 cm³/mol. The second-order valence-electron chi connectivity index (χ2n) is 4.99. The fourth-order valence-corrected chi connectivity index (χ4v) is 3.24. The van der Waals surface area contributed by atoms with Crippen molar-refractivity contribution in [1.29, 1.82) is 0 Å². The van der Waals surface area contributed by atoms with Gasteiger partial charge in [0.15, 0.2) is 0 Å². The van der Waals surface area contributed by atoms with Gasteiger partial charge >= 0.3 is 0 Å². The molecule has 0 aliphatic carbocycles. The molecule has 1 aromatic heterocycles. The summed E-state index contributed by atoms with van der Waals surface area (Å²) in [6, 6.07) is 4.23. The van der Waals surface area contributed by atoms with Gasteiger partial charge in [-0.2, -0.15) is 0 Å². The van der Waals surface area contributed by atoms with Crippen LogP contribution >= 0.6 is 11.3 Å². The highest BCUT2D eigenvalue weighted by atomic mass is 32.1. The average Bonchev–Trinajstić information content (AvgIpc) is 2.88. The quantitative estimate of drug-likeness (QED) is 0.879. The molecule has 1 aromatic rings. The number of amides is 1. The molecule has 1 amide bonds. The van der Waals surface area contributed by atoms with E-state index in [4.69, 9.17) is 0 Å². The van der Waals surface area contributed by atoms with E-state index in [0.717, 1.165) is 24.4 Å². The van der Waals surface area contributed by atoms with Crippen LogP contribution in [0.5, 0.6) is 0 Å². The van der Waals surface area contributed by atoms with Gasteiger partial charge in [0.2, 0.25) is 0 Å². The van der Waals surface area contributed by atoms with Gasteiger partial charge in [0.05, 0.1) is 4.88 Å². The number of rotatable bonds is 4. The summed E-state index contributed by atoms with van der Waals surface area (Å²) in [7, 11) is 0. The summed E-state index contributed by atoms with van der Waals surface area (Å²) >= 11 is 1.60. The Bertz CT molecular complexity index is 396. The molecule has 1 aliphatic heterocycles. The van der Waals surface area contributed by atoms with Crippen molar-refractivity contribution in [1.82, 2.24) is 10.6 Å². The molecule has 0 bridgehead atoms. The van der Waals surface area contributed by atoms with Crippen molar-refractivity contribution in [2.45, 2.75) is 39.2 Å². The Morgan fingerprint density at radius 3 is 3.06 bits per heavy atom. The van der Waals surface area contributed by atoms with E-state index in [1.807, 2.05) is 12.1 Å². The SMILES string of the molecule is CCc1ccc(C(=O)NC(C)C2CCCNC2)s1. The highest BCUT2D eigenvalue weighted by molar-refractivity contribution is 7.14. The molecule has 0 spiro atoms. The monoisotopic (exact) mass is 266 g/mol. The Morgan fingerprint density at radius 2 is 2.44 bits per heavy atom. The smallest absolute Gasteiger partial charge is 0.261 e. The number of hydrogen-bond acceptors (Lipinski definition) is 3. The van der Waals surface area contributed by atoms with E-state index in [9.17, 15) is 4.79 Å². The molecule has 1 fully saturated rings. The molecular weight excluding hydrogens is 244 g/mol. The van der Waals surface area contributed by atoms with Crippen LogP contribution in [0.25, 0.3) is 0 Å². The molecular formula is C14H22N2OS. The van der Waals surface area contributed by atoms with Crippen molar-refractivity contribution in [2.75, 3.05) is 13.1 Å². The molecule has 0 radical (unpaired) electrons. The lowest BCUT2D eigenvalue weighted by atomic mass is 9.93. The number of carbonyl (C=O) groups is 1. The Morgan fingerprint density at radius 1 is 1.61 bits per heavy atom. The lowest BCUT2D eigenvalue weighted by Crippen LogP contribution is -2.44. The van der Waals surface area contributed by atoms with Gasteiger partial charge in [-0.05, 0) is 57.3 Å². The third-order valence-electron chi connectivity index (χ3n) is 3.63. The highest BCUT2D eigenvalue weighted by Crippen LogP contribution is 2.18. The molecule has 0 saturated carbocycles. The zero-order valence-corrected chi connectivity index (χ0v) is 12.0. The molecule has 4 heteroatoms. The zero-order chi connectivity index (χ0) is 13.0. The van der Waals surface area contributed by atoms with Gasteiger partial charge in [-0.1, -0.05) is 6.92 Å². The van der Waals surface area contributed by atoms with Crippen LogP contribution in [0.3, 0.4) is 0 Å². The van der Waals surface area contributed by atoms with Gasteiger partial charge in [-0.15, -0.1) is 11.3 Å². The van der Waals surface area contributed by atoms with Gasteiger partial charge in [0.1, 0.15) is 0 Å². The molecule has 2 atom stereocenters. The van der Waals surface area contributed by atoms with Crippen molar-refractivity contribution in [3.8, 4) is 0 Å². The fourth-order valence-electron chi connectivity index (χ4n) is 2.39. The maximum Gasteiger partial charge on any atom is 0.261 e. The Balaban J connectivity index is 1.89. The summed E-state index contributed by atoms with van der Waals surface area (Å²) < 4.78 is 0. The topological polar surface area (TPSA) is 41.1 Å². The molecule has 2 unspecified atom stereocenters. The highest BCUT2D eigenvalue weighted by Gasteiger charge is 2.22. The molecule has 3 nitrogen and oxygen atoms in total. The van der Waals surface area contributed by atoms with Gasteiger partial charge in [-0.25, -0.2) is 0 Å². The van der Waals surface area contributed by atoms with Crippen LogP contribution in [-0.2, 0) is 6.42 Å². The molecule has 2 heterocycles. The second-order valence-corrected chi connectivity index (χ2v) is 6.16. The van der Waals surface area contributed by atoms with E-state index in [2.05, 4.69) is 24.5 Å². The first-order valence-corrected chi connectivity index (χ1v) is 7.62. The van der Waals surface area contributed by atoms with Crippen LogP contribution < -0.4 is 10.6 Å². The van der Waals surface area contributed by atoms with E-state index >= 15 is 0 Å². The Hall–Kier alpha value is -0.870. The minimum absolute atomic E-state index is 0.0813. The largest absolute Gasteiger partial charge is 0.349 e. The van der Waals surface area contributed by atoms with Crippen molar-refractivity contribution >= 4 is 17.2 Å². The minimum Gasteiger partial charge on any atom is -0.349 e. The standard InChI is InChI=1S/C14H22N2OS/c1-3-12-6-7-13(18-12)14(17)16-10(2)11-5-4-8-15-9-11/h6-7,10-11,15H,3-5,8-9H2,1-2H3,(H,16,17). The van der Waals surface area contributed by atoms with Gasteiger partial charge in [0.25, 0.3) is 5.91 Å². The first-order chi connectivity index (χ1) is 8.70. The normalized spacial score (nSPS) is 21.6. The second kappa shape index (κ2) is 6.34. The third kappa shape index (κ3) is 3.33. The number of aryl methyl sites for hydroxylation is 1. The fraction of sp³-hybridized carbons (Fsp3) is 0.643. The first-order valence-electron chi connectivity index (χ1n) is 6.81. The van der Waals surface area contributed by atoms with Crippen LogP contribution in [0.15, 0.2) is 12.1 Å². The Labute approximate surface area is 113 Å². The molecule has 1 saturated heterocycles. The molecule has 18 heavy (non-hydrogen) atoms. The number of carbonyl (C=O) groups excluding carboxylic acids is 1. The average molecular weight is 266 g/mol.